The van der Waals surface area contributed by atoms with E-state index < -0.39 is 29.5 Å². The molecule has 0 bridgehead atoms. The van der Waals surface area contributed by atoms with Crippen LogP contribution in [0, 0.1) is 0 Å². The van der Waals surface area contributed by atoms with Crippen molar-refractivity contribution < 1.29 is 26.7 Å². The molecular formula is C24H18F5NO. The van der Waals surface area contributed by atoms with E-state index in [1.54, 1.807) is 24.3 Å². The number of Topliss-reactive ketones (excluding diaryl/α,β-unsaturated/α-hetero) is 1. The van der Waals surface area contributed by atoms with Gasteiger partial charge in [0.05, 0.1) is 5.56 Å². The van der Waals surface area contributed by atoms with Gasteiger partial charge in [0.15, 0.2) is 0 Å². The Bertz CT molecular complexity index is 1090. The Kier molecular flexibility index (Phi) is 5.29. The molecule has 0 fully saturated rings. The fraction of sp³-hybridized carbons (Fsp3) is 0.208. The van der Waals surface area contributed by atoms with E-state index in [1.807, 2.05) is 0 Å². The van der Waals surface area contributed by atoms with E-state index in [4.69, 9.17) is 0 Å². The fourth-order valence-corrected chi connectivity index (χ4v) is 4.00. The topological polar surface area (TPSA) is 20.3 Å². The molecule has 0 N–H and O–H groups in total. The minimum absolute atomic E-state index is 0.00475. The molecule has 0 radical (unpaired) electrons. The van der Waals surface area contributed by atoms with Gasteiger partial charge >= 0.3 is 12.1 Å². The lowest BCUT2D eigenvalue weighted by molar-refractivity contribution is -0.137. The zero-order valence-corrected chi connectivity index (χ0v) is 16.2. The normalized spacial score (nSPS) is 16.7. The van der Waals surface area contributed by atoms with Gasteiger partial charge in [0, 0.05) is 17.8 Å². The van der Waals surface area contributed by atoms with Gasteiger partial charge in [-0.15, -0.1) is 0 Å². The maximum atomic E-state index is 15.7. The van der Waals surface area contributed by atoms with Crippen LogP contribution in [-0.4, -0.2) is 18.3 Å². The zero-order chi connectivity index (χ0) is 22.2. The summed E-state index contributed by atoms with van der Waals surface area (Å²) in [6, 6.07) is 16.3. The van der Waals surface area contributed by atoms with Crippen molar-refractivity contribution in [3.05, 3.63) is 101 Å². The van der Waals surface area contributed by atoms with Gasteiger partial charge in [0.25, 0.3) is 0 Å². The molecule has 0 aromatic heterocycles. The Morgan fingerprint density at radius 1 is 0.839 bits per heavy atom. The number of hydrogen-bond acceptors (Lipinski definition) is 2. The summed E-state index contributed by atoms with van der Waals surface area (Å²) in [5.41, 5.74) is -0.202. The van der Waals surface area contributed by atoms with Gasteiger partial charge in [-0.2, -0.15) is 22.0 Å². The van der Waals surface area contributed by atoms with Crippen molar-refractivity contribution in [2.45, 2.75) is 24.6 Å². The highest BCUT2D eigenvalue weighted by Gasteiger charge is 2.52. The molecule has 7 heteroatoms. The largest absolute Gasteiger partial charge is 0.416 e. The summed E-state index contributed by atoms with van der Waals surface area (Å²) in [5, 5.41) is 0. The number of carbonyl (C=O) groups is 1. The summed E-state index contributed by atoms with van der Waals surface area (Å²) in [6.45, 7) is 0.0562. The Hall–Kier alpha value is -3.22. The molecule has 1 unspecified atom stereocenters. The molecule has 160 valence electrons. The summed E-state index contributed by atoms with van der Waals surface area (Å²) in [6.07, 6.45) is -4.24. The lowest BCUT2D eigenvalue weighted by Crippen LogP contribution is -2.49. The van der Waals surface area contributed by atoms with Gasteiger partial charge in [-0.1, -0.05) is 60.7 Å². The zero-order valence-electron chi connectivity index (χ0n) is 16.2. The molecule has 0 saturated heterocycles. The lowest BCUT2D eigenvalue weighted by atomic mass is 9.85. The monoisotopic (exact) mass is 431 g/mol. The highest BCUT2D eigenvalue weighted by Crippen LogP contribution is 2.45. The Balaban J connectivity index is 1.84. The van der Waals surface area contributed by atoms with Gasteiger partial charge in [0.2, 0.25) is 5.78 Å². The van der Waals surface area contributed by atoms with Crippen molar-refractivity contribution in [3.8, 4) is 0 Å². The van der Waals surface area contributed by atoms with Crippen LogP contribution in [-0.2, 0) is 12.6 Å². The summed E-state index contributed by atoms with van der Waals surface area (Å²) in [5.74, 6) is -5.24. The summed E-state index contributed by atoms with van der Waals surface area (Å²) < 4.78 is 71.2. The fourth-order valence-electron chi connectivity index (χ4n) is 4.00. The molecule has 0 aliphatic carbocycles. The third-order valence-corrected chi connectivity index (χ3v) is 5.47. The molecule has 4 rings (SSSR count). The first kappa shape index (κ1) is 21.0. The van der Waals surface area contributed by atoms with E-state index >= 15 is 8.78 Å². The average Bonchev–Trinajstić information content (AvgIpc) is 2.77. The predicted octanol–water partition coefficient (Wildman–Crippen LogP) is 6.33. The van der Waals surface area contributed by atoms with E-state index in [0.717, 1.165) is 12.1 Å². The maximum Gasteiger partial charge on any atom is 0.416 e. The smallest absolute Gasteiger partial charge is 0.358 e. The Labute approximate surface area is 175 Å². The van der Waals surface area contributed by atoms with Crippen LogP contribution in [0.25, 0.3) is 0 Å². The molecule has 1 aliphatic heterocycles. The van der Waals surface area contributed by atoms with Gasteiger partial charge in [0.1, 0.15) is 6.04 Å². The van der Waals surface area contributed by atoms with Crippen LogP contribution in [0.5, 0.6) is 0 Å². The third-order valence-electron chi connectivity index (χ3n) is 5.47. The molecule has 1 aliphatic rings. The van der Waals surface area contributed by atoms with Crippen molar-refractivity contribution in [2.24, 2.45) is 0 Å². The van der Waals surface area contributed by atoms with Crippen molar-refractivity contribution in [1.82, 2.24) is 0 Å². The van der Waals surface area contributed by atoms with Crippen molar-refractivity contribution in [2.75, 3.05) is 11.4 Å². The summed E-state index contributed by atoms with van der Waals surface area (Å²) >= 11 is 0. The first-order valence-electron chi connectivity index (χ1n) is 9.69. The van der Waals surface area contributed by atoms with Gasteiger partial charge in [-0.05, 0) is 35.7 Å². The van der Waals surface area contributed by atoms with Crippen molar-refractivity contribution in [3.63, 3.8) is 0 Å². The predicted molar refractivity (Wildman–Crippen MR) is 107 cm³/mol. The van der Waals surface area contributed by atoms with Crippen molar-refractivity contribution in [1.29, 1.82) is 0 Å². The first-order valence-corrected chi connectivity index (χ1v) is 9.69. The van der Waals surface area contributed by atoms with E-state index in [0.29, 0.717) is 12.0 Å². The third kappa shape index (κ3) is 3.92. The number of benzene rings is 3. The molecule has 3 aromatic carbocycles. The van der Waals surface area contributed by atoms with Gasteiger partial charge in [-0.3, -0.25) is 4.79 Å². The second-order valence-electron chi connectivity index (χ2n) is 7.41. The number of halogens is 5. The van der Waals surface area contributed by atoms with Crippen LogP contribution in [0.3, 0.4) is 0 Å². The number of carbonyl (C=O) groups excluding carboxylic acids is 1. The molecule has 0 spiro atoms. The van der Waals surface area contributed by atoms with Crippen LogP contribution in [0.1, 0.15) is 33.1 Å². The maximum absolute atomic E-state index is 15.7. The lowest BCUT2D eigenvalue weighted by Gasteiger charge is -2.42. The Morgan fingerprint density at radius 2 is 1.52 bits per heavy atom. The van der Waals surface area contributed by atoms with Crippen LogP contribution >= 0.6 is 0 Å². The van der Waals surface area contributed by atoms with E-state index in [9.17, 15) is 18.0 Å². The number of hydrogen-bond donors (Lipinski definition) is 0. The van der Waals surface area contributed by atoms with E-state index in [1.165, 1.54) is 47.4 Å². The molecule has 31 heavy (non-hydrogen) atoms. The highest BCUT2D eigenvalue weighted by atomic mass is 19.4. The second kappa shape index (κ2) is 7.80. The quantitative estimate of drug-likeness (QED) is 0.356. The number of anilines is 1. The number of rotatable bonds is 4. The van der Waals surface area contributed by atoms with E-state index in [-0.39, 0.29) is 23.4 Å². The molecule has 0 amide bonds. The van der Waals surface area contributed by atoms with Crippen LogP contribution in [0.2, 0.25) is 0 Å². The van der Waals surface area contributed by atoms with E-state index in [2.05, 4.69) is 0 Å². The molecule has 1 heterocycles. The molecule has 2 nitrogen and oxygen atoms in total. The molecular weight excluding hydrogens is 413 g/mol. The summed E-state index contributed by atoms with van der Waals surface area (Å²) in [4.78, 5) is 14.0. The number of ketones is 1. The molecule has 1 atom stereocenters. The first-order chi connectivity index (χ1) is 14.7. The number of nitrogens with zero attached hydrogens (tertiary/aromatic N) is 1. The standard InChI is InChI=1S/C24H18F5NO/c25-23(26,22(31)17-8-2-1-3-9-17)21-20-12-5-4-7-16(20)13-14-30(21)19-11-6-10-18(15-19)24(27,28)29/h1-12,15,21H,13-14H2. The SMILES string of the molecule is O=C(c1ccccc1)C(F)(F)C1c2ccccc2CCN1c1cccc(C(F)(F)F)c1. The summed E-state index contributed by atoms with van der Waals surface area (Å²) in [7, 11) is 0. The Morgan fingerprint density at radius 3 is 2.23 bits per heavy atom. The van der Waals surface area contributed by atoms with Crippen LogP contribution in [0.15, 0.2) is 78.9 Å². The number of alkyl halides is 5. The van der Waals surface area contributed by atoms with Crippen LogP contribution in [0.4, 0.5) is 27.6 Å². The van der Waals surface area contributed by atoms with Crippen LogP contribution < -0.4 is 4.90 Å². The van der Waals surface area contributed by atoms with Crippen molar-refractivity contribution >= 4 is 11.5 Å². The minimum atomic E-state index is -4.61. The average molecular weight is 431 g/mol. The van der Waals surface area contributed by atoms with Gasteiger partial charge in [-0.25, -0.2) is 0 Å². The number of fused-ring (bicyclic) bond motifs is 1. The molecule has 0 saturated carbocycles. The molecule has 3 aromatic rings. The minimum Gasteiger partial charge on any atom is -0.358 e. The second-order valence-corrected chi connectivity index (χ2v) is 7.41. The van der Waals surface area contributed by atoms with Gasteiger partial charge < -0.3 is 4.90 Å². The highest BCUT2D eigenvalue weighted by molar-refractivity contribution is 6.02.